The molecule has 0 bridgehead atoms. The third-order valence-electron chi connectivity index (χ3n) is 3.17. The summed E-state index contributed by atoms with van der Waals surface area (Å²) in [6.07, 6.45) is 1.66. The molecular formula is C18H27NO3. The number of Topliss-reactive ketones (excluding diaryl/α,β-unsaturated/α-hetero) is 1. The lowest BCUT2D eigenvalue weighted by molar-refractivity contribution is 0.0231. The van der Waals surface area contributed by atoms with Crippen LogP contribution in [0, 0.1) is 0 Å². The molecule has 0 aliphatic carbocycles. The van der Waals surface area contributed by atoms with Gasteiger partial charge in [0.25, 0.3) is 0 Å². The minimum atomic E-state index is -0.500. The number of hydrogen-bond donors (Lipinski definition) is 0. The molecule has 0 atom stereocenters. The molecule has 0 radical (unpaired) electrons. The molecule has 0 N–H and O–H groups in total. The van der Waals surface area contributed by atoms with E-state index in [9.17, 15) is 9.59 Å². The van der Waals surface area contributed by atoms with E-state index in [-0.39, 0.29) is 11.9 Å². The van der Waals surface area contributed by atoms with Gasteiger partial charge in [-0.1, -0.05) is 37.6 Å². The van der Waals surface area contributed by atoms with Crippen molar-refractivity contribution in [3.05, 3.63) is 35.4 Å². The first kappa shape index (κ1) is 18.2. The maximum absolute atomic E-state index is 12.3. The fourth-order valence-corrected chi connectivity index (χ4v) is 1.98. The van der Waals surface area contributed by atoms with Gasteiger partial charge < -0.3 is 9.64 Å². The summed E-state index contributed by atoms with van der Waals surface area (Å²) in [4.78, 5) is 25.3. The number of unbranched alkanes of at least 4 members (excludes halogenated alkanes) is 1. The predicted octanol–water partition coefficient (Wildman–Crippen LogP) is 4.43. The predicted molar refractivity (Wildman–Crippen MR) is 88.0 cm³/mol. The van der Waals surface area contributed by atoms with Crippen LogP contribution in [0.25, 0.3) is 0 Å². The zero-order valence-electron chi connectivity index (χ0n) is 14.3. The lowest BCUT2D eigenvalue weighted by Gasteiger charge is -2.27. The third-order valence-corrected chi connectivity index (χ3v) is 3.17. The SMILES string of the molecule is CCCCN(Cc1ccc(C(C)=O)cc1)C(=O)OC(C)(C)C. The Morgan fingerprint density at radius 1 is 1.14 bits per heavy atom. The molecule has 0 fully saturated rings. The number of rotatable bonds is 6. The molecular weight excluding hydrogens is 278 g/mol. The van der Waals surface area contributed by atoms with Crippen LogP contribution in [0.5, 0.6) is 0 Å². The molecule has 0 unspecified atom stereocenters. The van der Waals surface area contributed by atoms with Crippen molar-refractivity contribution in [3.63, 3.8) is 0 Å². The second-order valence-corrected chi connectivity index (χ2v) is 6.51. The molecule has 4 nitrogen and oxygen atoms in total. The van der Waals surface area contributed by atoms with E-state index in [1.807, 2.05) is 32.9 Å². The molecule has 0 aliphatic heterocycles. The summed E-state index contributed by atoms with van der Waals surface area (Å²) in [6, 6.07) is 7.37. The Morgan fingerprint density at radius 3 is 2.18 bits per heavy atom. The number of ketones is 1. The van der Waals surface area contributed by atoms with Crippen LogP contribution < -0.4 is 0 Å². The van der Waals surface area contributed by atoms with Crippen molar-refractivity contribution in [1.29, 1.82) is 0 Å². The fraction of sp³-hybridized carbons (Fsp3) is 0.556. The molecule has 1 aromatic rings. The van der Waals surface area contributed by atoms with Crippen LogP contribution >= 0.6 is 0 Å². The van der Waals surface area contributed by atoms with Gasteiger partial charge in [0, 0.05) is 18.7 Å². The zero-order chi connectivity index (χ0) is 16.8. The number of nitrogens with zero attached hydrogens (tertiary/aromatic N) is 1. The smallest absolute Gasteiger partial charge is 0.410 e. The standard InChI is InChI=1S/C18H27NO3/c1-6-7-12-19(17(21)22-18(3,4)5)13-15-8-10-16(11-9-15)14(2)20/h8-11H,6-7,12-13H2,1-5H3. The van der Waals surface area contributed by atoms with Crippen LogP contribution in [0.2, 0.25) is 0 Å². The monoisotopic (exact) mass is 305 g/mol. The van der Waals surface area contributed by atoms with Crippen molar-refractivity contribution in [2.75, 3.05) is 6.54 Å². The van der Waals surface area contributed by atoms with Crippen molar-refractivity contribution < 1.29 is 14.3 Å². The summed E-state index contributed by atoms with van der Waals surface area (Å²) in [5.41, 5.74) is 1.17. The normalized spacial score (nSPS) is 11.1. The van der Waals surface area contributed by atoms with Gasteiger partial charge in [0.05, 0.1) is 0 Å². The quantitative estimate of drug-likeness (QED) is 0.731. The van der Waals surface area contributed by atoms with Crippen LogP contribution in [-0.4, -0.2) is 28.9 Å². The van der Waals surface area contributed by atoms with Gasteiger partial charge in [0.15, 0.2) is 5.78 Å². The summed E-state index contributed by atoms with van der Waals surface area (Å²) in [6.45, 7) is 10.4. The molecule has 0 heterocycles. The fourth-order valence-electron chi connectivity index (χ4n) is 1.98. The molecule has 0 aromatic heterocycles. The van der Waals surface area contributed by atoms with Gasteiger partial charge in [-0.05, 0) is 39.7 Å². The maximum Gasteiger partial charge on any atom is 0.410 e. The molecule has 0 spiro atoms. The Bertz CT molecular complexity index is 500. The largest absolute Gasteiger partial charge is 0.444 e. The van der Waals surface area contributed by atoms with Crippen LogP contribution in [0.1, 0.15) is 63.4 Å². The summed E-state index contributed by atoms with van der Waals surface area (Å²) in [5, 5.41) is 0. The van der Waals surface area contributed by atoms with Gasteiger partial charge in [-0.15, -0.1) is 0 Å². The highest BCUT2D eigenvalue weighted by Gasteiger charge is 2.21. The summed E-state index contributed by atoms with van der Waals surface area (Å²) in [5.74, 6) is 0.0431. The highest BCUT2D eigenvalue weighted by Crippen LogP contribution is 2.14. The van der Waals surface area contributed by atoms with E-state index in [0.717, 1.165) is 18.4 Å². The Hall–Kier alpha value is -1.84. The molecule has 0 saturated heterocycles. The minimum Gasteiger partial charge on any atom is -0.444 e. The van der Waals surface area contributed by atoms with Gasteiger partial charge in [-0.3, -0.25) is 4.79 Å². The molecule has 0 saturated carbocycles. The van der Waals surface area contributed by atoms with E-state index in [4.69, 9.17) is 4.74 Å². The minimum absolute atomic E-state index is 0.0431. The van der Waals surface area contributed by atoms with Gasteiger partial charge in [-0.2, -0.15) is 0 Å². The van der Waals surface area contributed by atoms with Gasteiger partial charge in [-0.25, -0.2) is 4.79 Å². The number of benzene rings is 1. The van der Waals surface area contributed by atoms with E-state index in [0.29, 0.717) is 18.7 Å². The maximum atomic E-state index is 12.3. The first-order valence-corrected chi connectivity index (χ1v) is 7.80. The molecule has 0 aliphatic rings. The molecule has 1 amide bonds. The van der Waals surface area contributed by atoms with E-state index in [2.05, 4.69) is 6.92 Å². The number of carbonyl (C=O) groups is 2. The van der Waals surface area contributed by atoms with Gasteiger partial charge in [0.1, 0.15) is 5.60 Å². The van der Waals surface area contributed by atoms with Crippen molar-refractivity contribution in [1.82, 2.24) is 4.90 Å². The highest BCUT2D eigenvalue weighted by molar-refractivity contribution is 5.94. The van der Waals surface area contributed by atoms with E-state index in [1.54, 1.807) is 24.0 Å². The van der Waals surface area contributed by atoms with Crippen molar-refractivity contribution in [2.45, 2.75) is 59.6 Å². The molecule has 22 heavy (non-hydrogen) atoms. The first-order chi connectivity index (χ1) is 10.2. The van der Waals surface area contributed by atoms with Gasteiger partial charge in [0.2, 0.25) is 0 Å². The van der Waals surface area contributed by atoms with Crippen molar-refractivity contribution in [2.24, 2.45) is 0 Å². The summed E-state index contributed by atoms with van der Waals surface area (Å²) < 4.78 is 5.46. The lowest BCUT2D eigenvalue weighted by atomic mass is 10.1. The molecule has 1 aromatic carbocycles. The summed E-state index contributed by atoms with van der Waals surface area (Å²) >= 11 is 0. The third kappa shape index (κ3) is 6.29. The number of ether oxygens (including phenoxy) is 1. The second kappa shape index (κ2) is 7.97. The van der Waals surface area contributed by atoms with E-state index in [1.165, 1.54) is 0 Å². The van der Waals surface area contributed by atoms with Crippen LogP contribution in [0.3, 0.4) is 0 Å². The Kier molecular flexibility index (Phi) is 6.60. The second-order valence-electron chi connectivity index (χ2n) is 6.51. The van der Waals surface area contributed by atoms with E-state index < -0.39 is 5.60 Å². The van der Waals surface area contributed by atoms with Crippen molar-refractivity contribution in [3.8, 4) is 0 Å². The highest BCUT2D eigenvalue weighted by atomic mass is 16.6. The van der Waals surface area contributed by atoms with Crippen LogP contribution in [0.4, 0.5) is 4.79 Å². The van der Waals surface area contributed by atoms with Crippen LogP contribution in [0.15, 0.2) is 24.3 Å². The Labute approximate surface area is 133 Å². The molecule has 122 valence electrons. The average molecular weight is 305 g/mol. The molecule has 4 heteroatoms. The average Bonchev–Trinajstić information content (AvgIpc) is 2.42. The van der Waals surface area contributed by atoms with E-state index >= 15 is 0 Å². The Balaban J connectivity index is 2.79. The van der Waals surface area contributed by atoms with Crippen molar-refractivity contribution >= 4 is 11.9 Å². The lowest BCUT2D eigenvalue weighted by Crippen LogP contribution is -2.37. The first-order valence-electron chi connectivity index (χ1n) is 7.80. The summed E-state index contributed by atoms with van der Waals surface area (Å²) in [7, 11) is 0. The molecule has 1 rings (SSSR count). The Morgan fingerprint density at radius 2 is 1.73 bits per heavy atom. The van der Waals surface area contributed by atoms with Crippen LogP contribution in [-0.2, 0) is 11.3 Å². The topological polar surface area (TPSA) is 46.6 Å². The zero-order valence-corrected chi connectivity index (χ0v) is 14.3. The number of hydrogen-bond acceptors (Lipinski definition) is 3. The number of amides is 1. The number of carbonyl (C=O) groups excluding carboxylic acids is 2. The van der Waals surface area contributed by atoms with Gasteiger partial charge >= 0.3 is 6.09 Å².